The largest absolute Gasteiger partial charge is 0.376 e. The molecule has 0 aromatic carbocycles. The summed E-state index contributed by atoms with van der Waals surface area (Å²) in [5, 5.41) is 1.85. The summed E-state index contributed by atoms with van der Waals surface area (Å²) < 4.78 is 0. The number of carbonyl (C=O) groups excluding carboxylic acids is 1. The lowest BCUT2D eigenvalue weighted by Gasteiger charge is -1.49. The maximum absolute atomic E-state index is 9.75. The SMILES string of the molecule is O=[C+]c1cccs1. The van der Waals surface area contributed by atoms with Crippen molar-refractivity contribution in [1.29, 1.82) is 0 Å². The summed E-state index contributed by atoms with van der Waals surface area (Å²) in [5.41, 5.74) is 0. The minimum atomic E-state index is 0.667. The lowest BCUT2D eigenvalue weighted by Crippen LogP contribution is -1.62. The van der Waals surface area contributed by atoms with Gasteiger partial charge in [0.25, 0.3) is 4.88 Å². The Balaban J connectivity index is 2.96. The molecule has 0 aliphatic rings. The minimum absolute atomic E-state index is 0.667. The highest BCUT2D eigenvalue weighted by molar-refractivity contribution is 7.11. The van der Waals surface area contributed by atoms with Crippen LogP contribution in [-0.2, 0) is 4.79 Å². The van der Waals surface area contributed by atoms with E-state index in [2.05, 4.69) is 0 Å². The van der Waals surface area contributed by atoms with Crippen molar-refractivity contribution in [2.45, 2.75) is 0 Å². The molecule has 0 bridgehead atoms. The van der Waals surface area contributed by atoms with Crippen LogP contribution < -0.4 is 0 Å². The van der Waals surface area contributed by atoms with E-state index < -0.39 is 0 Å². The van der Waals surface area contributed by atoms with Crippen LogP contribution in [0.1, 0.15) is 4.88 Å². The highest BCUT2D eigenvalue weighted by atomic mass is 32.1. The van der Waals surface area contributed by atoms with Crippen molar-refractivity contribution in [2.24, 2.45) is 0 Å². The Morgan fingerprint density at radius 3 is 2.86 bits per heavy atom. The average Bonchev–Trinajstić information content (AvgIpc) is 2.14. The minimum Gasteiger partial charge on any atom is -0.0952 e. The first-order chi connectivity index (χ1) is 3.43. The summed E-state index contributed by atoms with van der Waals surface area (Å²) >= 11 is 1.40. The molecule has 1 aromatic rings. The summed E-state index contributed by atoms with van der Waals surface area (Å²) in [4.78, 5) is 10.4. The fourth-order valence-electron chi connectivity index (χ4n) is 0.337. The molecule has 1 nitrogen and oxygen atoms in total. The Kier molecular flexibility index (Phi) is 1.16. The summed E-state index contributed by atoms with van der Waals surface area (Å²) in [6.07, 6.45) is 1.78. The van der Waals surface area contributed by atoms with Gasteiger partial charge in [-0.05, 0) is 0 Å². The van der Waals surface area contributed by atoms with E-state index >= 15 is 0 Å². The molecule has 0 atom stereocenters. The van der Waals surface area contributed by atoms with Crippen molar-refractivity contribution in [1.82, 2.24) is 0 Å². The van der Waals surface area contributed by atoms with E-state index in [4.69, 9.17) is 0 Å². The Bertz CT molecular complexity index is 143. The second-order valence-corrected chi connectivity index (χ2v) is 2.03. The van der Waals surface area contributed by atoms with Crippen LogP contribution in [0, 0.1) is 0 Å². The Morgan fingerprint density at radius 2 is 2.57 bits per heavy atom. The fraction of sp³-hybridized carbons (Fsp3) is 0. The van der Waals surface area contributed by atoms with E-state index in [9.17, 15) is 4.79 Å². The van der Waals surface area contributed by atoms with Crippen molar-refractivity contribution in [2.75, 3.05) is 0 Å². The van der Waals surface area contributed by atoms with Gasteiger partial charge in [-0.2, -0.15) is 0 Å². The molecule has 0 radical (unpaired) electrons. The molecule has 0 aliphatic carbocycles. The van der Waals surface area contributed by atoms with Crippen LogP contribution in [0.4, 0.5) is 0 Å². The van der Waals surface area contributed by atoms with Crippen LogP contribution in [0.2, 0.25) is 0 Å². The molecule has 0 spiro atoms. The number of hydrogen-bond donors (Lipinski definition) is 0. The molecule has 34 valence electrons. The van der Waals surface area contributed by atoms with Gasteiger partial charge in [0.1, 0.15) is 0 Å². The van der Waals surface area contributed by atoms with Gasteiger partial charge in [-0.25, -0.2) is 0 Å². The topological polar surface area (TPSA) is 17.1 Å². The Hall–Kier alpha value is -0.720. The van der Waals surface area contributed by atoms with E-state index in [-0.39, 0.29) is 0 Å². The lowest BCUT2D eigenvalue weighted by molar-refractivity contribution is 0.563. The molecule has 0 amide bonds. The molecule has 7 heavy (non-hydrogen) atoms. The van der Waals surface area contributed by atoms with Gasteiger partial charge in [-0.15, -0.1) is 0 Å². The molecule has 0 fully saturated rings. The molecular weight excluding hydrogens is 108 g/mol. The number of thiophene rings is 1. The van der Waals surface area contributed by atoms with Crippen LogP contribution in [0.25, 0.3) is 0 Å². The first-order valence-corrected chi connectivity index (χ1v) is 2.73. The Morgan fingerprint density at radius 1 is 1.71 bits per heavy atom. The normalized spacial score (nSPS) is 8.00. The van der Waals surface area contributed by atoms with Gasteiger partial charge in [0.2, 0.25) is 0 Å². The van der Waals surface area contributed by atoms with Gasteiger partial charge < -0.3 is 0 Å². The summed E-state index contributed by atoms with van der Waals surface area (Å²) in [5.74, 6) is 0. The summed E-state index contributed by atoms with van der Waals surface area (Å²) in [6, 6.07) is 3.56. The summed E-state index contributed by atoms with van der Waals surface area (Å²) in [7, 11) is 0. The molecule has 0 saturated carbocycles. The van der Waals surface area contributed by atoms with E-state index in [0.29, 0.717) is 4.88 Å². The fourth-order valence-corrected chi connectivity index (χ4v) is 0.846. The van der Waals surface area contributed by atoms with Crippen LogP contribution in [0.3, 0.4) is 0 Å². The molecule has 2 heteroatoms. The smallest absolute Gasteiger partial charge is 0.0952 e. The van der Waals surface area contributed by atoms with Crippen molar-refractivity contribution < 1.29 is 4.79 Å². The van der Waals surface area contributed by atoms with Gasteiger partial charge in [-0.3, -0.25) is 0 Å². The van der Waals surface area contributed by atoms with Crippen molar-refractivity contribution in [3.8, 4) is 0 Å². The second-order valence-electron chi connectivity index (χ2n) is 1.08. The zero-order valence-electron chi connectivity index (χ0n) is 3.55. The molecule has 1 rings (SSSR count). The zero-order chi connectivity index (χ0) is 5.11. The molecule has 1 aromatic heterocycles. The molecule has 0 N–H and O–H groups in total. The van der Waals surface area contributed by atoms with Crippen LogP contribution in [0.5, 0.6) is 0 Å². The predicted octanol–water partition coefficient (Wildman–Crippen LogP) is 1.21. The molecule has 1 heterocycles. The molecule has 0 aliphatic heterocycles. The molecular formula is C5H3OS+. The maximum Gasteiger partial charge on any atom is 0.376 e. The Labute approximate surface area is 45.6 Å². The van der Waals surface area contributed by atoms with Crippen molar-refractivity contribution in [3.63, 3.8) is 0 Å². The summed E-state index contributed by atoms with van der Waals surface area (Å²) in [6.45, 7) is 0. The quantitative estimate of drug-likeness (QED) is 0.498. The lowest BCUT2D eigenvalue weighted by atomic mass is 10.5. The van der Waals surface area contributed by atoms with E-state index in [0.717, 1.165) is 0 Å². The monoisotopic (exact) mass is 111 g/mol. The first-order valence-electron chi connectivity index (χ1n) is 1.85. The molecule has 0 unspecified atom stereocenters. The third kappa shape index (κ3) is 0.829. The molecule has 0 saturated heterocycles. The first kappa shape index (κ1) is 4.44. The van der Waals surface area contributed by atoms with E-state index in [1.807, 2.05) is 11.4 Å². The van der Waals surface area contributed by atoms with Crippen LogP contribution in [0.15, 0.2) is 17.5 Å². The van der Waals surface area contributed by atoms with Gasteiger partial charge in [0.05, 0.1) is 6.07 Å². The zero-order valence-corrected chi connectivity index (χ0v) is 4.37. The predicted molar refractivity (Wildman–Crippen MR) is 29.1 cm³/mol. The third-order valence-electron chi connectivity index (χ3n) is 0.622. The number of rotatable bonds is 1. The number of hydrogen-bond acceptors (Lipinski definition) is 2. The maximum atomic E-state index is 9.75. The average molecular weight is 111 g/mol. The highest BCUT2D eigenvalue weighted by Gasteiger charge is 1.99. The van der Waals surface area contributed by atoms with Gasteiger partial charge in [-0.1, -0.05) is 16.1 Å². The van der Waals surface area contributed by atoms with Gasteiger partial charge in [0.15, 0.2) is 0 Å². The second kappa shape index (κ2) is 1.82. The van der Waals surface area contributed by atoms with Gasteiger partial charge in [0, 0.05) is 11.4 Å². The van der Waals surface area contributed by atoms with Crippen molar-refractivity contribution in [3.05, 3.63) is 22.4 Å². The van der Waals surface area contributed by atoms with Gasteiger partial charge >= 0.3 is 6.29 Å². The van der Waals surface area contributed by atoms with Crippen LogP contribution >= 0.6 is 11.3 Å². The van der Waals surface area contributed by atoms with Crippen LogP contribution in [-0.4, -0.2) is 6.29 Å². The van der Waals surface area contributed by atoms with E-state index in [1.54, 1.807) is 12.4 Å². The third-order valence-corrected chi connectivity index (χ3v) is 1.39. The van der Waals surface area contributed by atoms with Crippen molar-refractivity contribution >= 4 is 17.6 Å². The highest BCUT2D eigenvalue weighted by Crippen LogP contribution is 2.02. The standard InChI is InChI=1S/C5H3OS/c6-4-5-2-1-3-7-5/h1-3H/q+1. The van der Waals surface area contributed by atoms with E-state index in [1.165, 1.54) is 11.3 Å².